The molecule has 4 N–H and O–H groups in total. The first-order valence-electron chi connectivity index (χ1n) is 10.3. The molecule has 30 heavy (non-hydrogen) atoms. The lowest BCUT2D eigenvalue weighted by molar-refractivity contribution is -0.299. The number of hydrogen-bond acceptors (Lipinski definition) is 9. The van der Waals surface area contributed by atoms with Gasteiger partial charge in [0.1, 0.15) is 30.5 Å². The van der Waals surface area contributed by atoms with Crippen molar-refractivity contribution >= 4 is 11.8 Å². The Labute approximate surface area is 173 Å². The topological polar surface area (TPSA) is 143 Å². The van der Waals surface area contributed by atoms with Crippen LogP contribution >= 0.6 is 0 Å². The highest BCUT2D eigenvalue weighted by Crippen LogP contribution is 2.49. The molecular formula is C21H28O9. The van der Waals surface area contributed by atoms with Crippen molar-refractivity contribution in [3.63, 3.8) is 0 Å². The normalized spacial score (nSPS) is 46.2. The van der Waals surface area contributed by atoms with Gasteiger partial charge in [-0.3, -0.25) is 4.79 Å². The quantitative estimate of drug-likeness (QED) is 0.332. The molecule has 2 aliphatic carbocycles. The van der Waals surface area contributed by atoms with E-state index in [-0.39, 0.29) is 36.1 Å². The molecule has 0 radical (unpaired) electrons. The number of carbonyl (C=O) groups is 2. The molecule has 2 saturated heterocycles. The second-order valence-corrected chi connectivity index (χ2v) is 8.74. The summed E-state index contributed by atoms with van der Waals surface area (Å²) in [7, 11) is 0. The van der Waals surface area contributed by atoms with Crippen LogP contribution in [0, 0.1) is 23.7 Å². The number of allylic oxidation sites excluding steroid dienone is 1. The first kappa shape index (κ1) is 21.6. The minimum atomic E-state index is -1.55. The van der Waals surface area contributed by atoms with Gasteiger partial charge in [-0.1, -0.05) is 13.5 Å². The molecule has 9 heteroatoms. The van der Waals surface area contributed by atoms with Gasteiger partial charge in [-0.05, 0) is 30.4 Å². The number of hydrogen-bond donors (Lipinski definition) is 4. The average Bonchev–Trinajstić information content (AvgIpc) is 3.14. The Morgan fingerprint density at radius 2 is 1.87 bits per heavy atom. The fourth-order valence-electron chi connectivity index (χ4n) is 5.27. The maximum atomic E-state index is 12.8. The van der Waals surface area contributed by atoms with Crippen molar-refractivity contribution < 1.29 is 44.2 Å². The molecule has 0 spiro atoms. The van der Waals surface area contributed by atoms with Crippen molar-refractivity contribution in [3.8, 4) is 0 Å². The Kier molecular flexibility index (Phi) is 5.86. The minimum Gasteiger partial charge on any atom is -0.458 e. The number of ketones is 1. The fourth-order valence-corrected chi connectivity index (χ4v) is 5.27. The van der Waals surface area contributed by atoms with Gasteiger partial charge in [0.05, 0.1) is 13.2 Å². The molecule has 4 rings (SSSR count). The minimum absolute atomic E-state index is 0.0471. The maximum absolute atomic E-state index is 12.8. The second kappa shape index (κ2) is 8.14. The standard InChI is InChI=1S/C21H28O9/c1-8-3-4-11-9(2)20(27)30-19(11)15-10(5-12(23)14(8)15)7-28-21-18(26)17(25)16(24)13(6-22)29-21/h5,8,11,13-19,21-22,24-26H,2-4,6-7H2,1H3. The van der Waals surface area contributed by atoms with Gasteiger partial charge >= 0.3 is 5.97 Å². The third kappa shape index (κ3) is 3.43. The van der Waals surface area contributed by atoms with Crippen LogP contribution in [0.4, 0.5) is 0 Å². The summed E-state index contributed by atoms with van der Waals surface area (Å²) in [5.41, 5.74) is 1.06. The molecule has 4 aliphatic rings. The lowest BCUT2D eigenvalue weighted by Crippen LogP contribution is -2.59. The average molecular weight is 424 g/mol. The third-order valence-electron chi connectivity index (χ3n) is 6.98. The van der Waals surface area contributed by atoms with Crippen molar-refractivity contribution in [2.75, 3.05) is 13.2 Å². The van der Waals surface area contributed by atoms with E-state index in [1.54, 1.807) is 0 Å². The fraction of sp³-hybridized carbons (Fsp3) is 0.714. The van der Waals surface area contributed by atoms with E-state index in [9.17, 15) is 30.0 Å². The summed E-state index contributed by atoms with van der Waals surface area (Å²) >= 11 is 0. The Bertz CT molecular complexity index is 760. The molecule has 0 aromatic heterocycles. The van der Waals surface area contributed by atoms with Crippen LogP contribution in [-0.4, -0.2) is 82.2 Å². The molecule has 0 aromatic carbocycles. The van der Waals surface area contributed by atoms with Crippen LogP contribution in [0.5, 0.6) is 0 Å². The van der Waals surface area contributed by atoms with Gasteiger partial charge in [-0.2, -0.15) is 0 Å². The van der Waals surface area contributed by atoms with Crippen LogP contribution < -0.4 is 0 Å². The molecule has 0 amide bonds. The van der Waals surface area contributed by atoms with Crippen LogP contribution in [0.15, 0.2) is 23.8 Å². The zero-order chi connectivity index (χ0) is 21.7. The number of aliphatic hydroxyl groups is 4. The number of aliphatic hydroxyl groups excluding tert-OH is 4. The zero-order valence-corrected chi connectivity index (χ0v) is 16.7. The lowest BCUT2D eigenvalue weighted by Gasteiger charge is -2.40. The molecule has 10 atom stereocenters. The number of esters is 1. The van der Waals surface area contributed by atoms with Gasteiger partial charge in [0.2, 0.25) is 0 Å². The number of rotatable bonds is 4. The monoisotopic (exact) mass is 424 g/mol. The molecule has 2 heterocycles. The summed E-state index contributed by atoms with van der Waals surface area (Å²) in [5, 5.41) is 39.3. The smallest absolute Gasteiger partial charge is 0.334 e. The molecular weight excluding hydrogens is 396 g/mol. The maximum Gasteiger partial charge on any atom is 0.334 e. The van der Waals surface area contributed by atoms with Crippen molar-refractivity contribution in [2.24, 2.45) is 23.7 Å². The molecule has 3 fully saturated rings. The molecule has 10 unspecified atom stereocenters. The van der Waals surface area contributed by atoms with E-state index in [0.717, 1.165) is 12.8 Å². The molecule has 0 bridgehead atoms. The first-order chi connectivity index (χ1) is 14.2. The molecule has 0 aromatic rings. The predicted molar refractivity (Wildman–Crippen MR) is 101 cm³/mol. The van der Waals surface area contributed by atoms with E-state index in [2.05, 4.69) is 6.58 Å². The van der Waals surface area contributed by atoms with Crippen LogP contribution in [0.1, 0.15) is 19.8 Å². The highest BCUT2D eigenvalue weighted by atomic mass is 16.7. The summed E-state index contributed by atoms with van der Waals surface area (Å²) in [5.74, 6) is -1.22. The van der Waals surface area contributed by atoms with E-state index in [1.165, 1.54) is 6.08 Å². The molecule has 166 valence electrons. The molecule has 9 nitrogen and oxygen atoms in total. The second-order valence-electron chi connectivity index (χ2n) is 8.74. The SMILES string of the molecule is C=C1C(=O)OC2C1CCC(C)C1C(=O)C=C(COC3OC(CO)C(O)C(O)C3O)C21. The summed E-state index contributed by atoms with van der Waals surface area (Å²) in [4.78, 5) is 24.9. The summed E-state index contributed by atoms with van der Waals surface area (Å²) in [6, 6.07) is 0. The first-order valence-corrected chi connectivity index (χ1v) is 10.3. The van der Waals surface area contributed by atoms with Gasteiger partial charge in [0.15, 0.2) is 12.1 Å². The number of fused-ring (bicyclic) bond motifs is 3. The Hall–Kier alpha value is -1.62. The zero-order valence-electron chi connectivity index (χ0n) is 16.7. The Morgan fingerprint density at radius 1 is 1.13 bits per heavy atom. The van der Waals surface area contributed by atoms with Crippen LogP contribution in [0.25, 0.3) is 0 Å². The molecule has 1 saturated carbocycles. The summed E-state index contributed by atoms with van der Waals surface area (Å²) in [6.45, 7) is 5.23. The van der Waals surface area contributed by atoms with Crippen molar-refractivity contribution in [1.29, 1.82) is 0 Å². The largest absolute Gasteiger partial charge is 0.458 e. The Morgan fingerprint density at radius 3 is 2.57 bits per heavy atom. The highest BCUT2D eigenvalue weighted by Gasteiger charge is 2.54. The summed E-state index contributed by atoms with van der Waals surface area (Å²) in [6.07, 6.45) is -4.42. The van der Waals surface area contributed by atoms with Crippen LogP contribution in [0.3, 0.4) is 0 Å². The number of carbonyl (C=O) groups excluding carboxylic acids is 2. The number of ether oxygens (including phenoxy) is 3. The summed E-state index contributed by atoms with van der Waals surface area (Å²) < 4.78 is 16.6. The van der Waals surface area contributed by atoms with E-state index in [4.69, 9.17) is 14.2 Å². The van der Waals surface area contributed by atoms with Gasteiger partial charge in [-0.25, -0.2) is 4.79 Å². The van der Waals surface area contributed by atoms with E-state index < -0.39 is 49.4 Å². The molecule has 2 aliphatic heterocycles. The van der Waals surface area contributed by atoms with Crippen molar-refractivity contribution in [2.45, 2.75) is 56.6 Å². The lowest BCUT2D eigenvalue weighted by atomic mass is 9.78. The van der Waals surface area contributed by atoms with Gasteiger partial charge in [-0.15, -0.1) is 0 Å². The Balaban J connectivity index is 1.53. The van der Waals surface area contributed by atoms with Crippen LogP contribution in [-0.2, 0) is 23.8 Å². The van der Waals surface area contributed by atoms with E-state index in [0.29, 0.717) is 11.1 Å². The predicted octanol–water partition coefficient (Wildman–Crippen LogP) is -0.928. The van der Waals surface area contributed by atoms with Gasteiger partial charge in [0.25, 0.3) is 0 Å². The van der Waals surface area contributed by atoms with Crippen LogP contribution in [0.2, 0.25) is 0 Å². The van der Waals surface area contributed by atoms with Gasteiger partial charge < -0.3 is 34.6 Å². The van der Waals surface area contributed by atoms with Crippen molar-refractivity contribution in [1.82, 2.24) is 0 Å². The van der Waals surface area contributed by atoms with E-state index in [1.807, 2.05) is 6.92 Å². The van der Waals surface area contributed by atoms with Crippen molar-refractivity contribution in [3.05, 3.63) is 23.8 Å². The van der Waals surface area contributed by atoms with E-state index >= 15 is 0 Å². The highest BCUT2D eigenvalue weighted by molar-refractivity contribution is 5.97. The third-order valence-corrected chi connectivity index (χ3v) is 6.98. The van der Waals surface area contributed by atoms with Gasteiger partial charge in [0, 0.05) is 23.3 Å².